The van der Waals surface area contributed by atoms with Crippen molar-refractivity contribution in [2.75, 3.05) is 13.1 Å². The summed E-state index contributed by atoms with van der Waals surface area (Å²) in [6.07, 6.45) is 0. The van der Waals surface area contributed by atoms with E-state index in [-0.39, 0.29) is 17.5 Å². The summed E-state index contributed by atoms with van der Waals surface area (Å²) in [5.74, 6) is -3.02. The quantitative estimate of drug-likeness (QED) is 0.452. The van der Waals surface area contributed by atoms with E-state index in [1.54, 1.807) is 0 Å². The van der Waals surface area contributed by atoms with Crippen molar-refractivity contribution in [2.24, 2.45) is 5.92 Å². The Bertz CT molecular complexity index is 1070. The van der Waals surface area contributed by atoms with Crippen molar-refractivity contribution in [3.8, 4) is 0 Å². The lowest BCUT2D eigenvalue weighted by Crippen LogP contribution is -2.59. The summed E-state index contributed by atoms with van der Waals surface area (Å²) in [4.78, 5) is 14.4. The molecule has 3 nitrogen and oxygen atoms in total. The molecule has 1 heterocycles. The molecule has 1 aliphatic rings. The van der Waals surface area contributed by atoms with Crippen molar-refractivity contribution in [3.63, 3.8) is 0 Å². The first-order valence-electron chi connectivity index (χ1n) is 10.1. The first-order chi connectivity index (χ1) is 15.2. The third-order valence-corrected chi connectivity index (χ3v) is 6.87. The van der Waals surface area contributed by atoms with Gasteiger partial charge in [0.25, 0.3) is 0 Å². The summed E-state index contributed by atoms with van der Waals surface area (Å²) in [7, 11) is 0. The maximum absolute atomic E-state index is 13.9. The molecule has 32 heavy (non-hydrogen) atoms. The number of benzene rings is 3. The lowest BCUT2D eigenvalue weighted by Gasteiger charge is -2.50. The van der Waals surface area contributed by atoms with E-state index in [0.717, 1.165) is 29.3 Å². The monoisotopic (exact) mass is 475 g/mol. The van der Waals surface area contributed by atoms with Gasteiger partial charge in [0.1, 0.15) is 11.6 Å². The maximum Gasteiger partial charge on any atom is 0.314 e. The van der Waals surface area contributed by atoms with Gasteiger partial charge in [0.2, 0.25) is 0 Å². The fourth-order valence-corrected chi connectivity index (χ4v) is 4.63. The summed E-state index contributed by atoms with van der Waals surface area (Å²) >= 11 is 12.1. The Morgan fingerprint density at radius 3 is 1.78 bits per heavy atom. The van der Waals surface area contributed by atoms with Crippen LogP contribution in [0.1, 0.15) is 29.7 Å². The Balaban J connectivity index is 1.65. The average molecular weight is 476 g/mol. The van der Waals surface area contributed by atoms with Crippen molar-refractivity contribution < 1.29 is 18.7 Å². The van der Waals surface area contributed by atoms with Crippen LogP contribution >= 0.6 is 23.2 Å². The lowest BCUT2D eigenvalue weighted by molar-refractivity contribution is -0.149. The molecule has 0 aliphatic carbocycles. The van der Waals surface area contributed by atoms with Gasteiger partial charge in [-0.1, -0.05) is 47.5 Å². The van der Waals surface area contributed by atoms with Crippen molar-refractivity contribution in [2.45, 2.75) is 18.4 Å². The molecule has 3 aromatic carbocycles. The third kappa shape index (κ3) is 4.25. The van der Waals surface area contributed by atoms with Crippen LogP contribution in [0.4, 0.5) is 8.78 Å². The van der Waals surface area contributed by atoms with Crippen LogP contribution in [0.15, 0.2) is 66.7 Å². The molecule has 7 heteroatoms. The summed E-state index contributed by atoms with van der Waals surface area (Å²) < 4.78 is 27.7. The van der Waals surface area contributed by atoms with Crippen molar-refractivity contribution in [1.82, 2.24) is 4.90 Å². The molecule has 0 amide bonds. The van der Waals surface area contributed by atoms with Gasteiger partial charge < -0.3 is 5.11 Å². The molecule has 0 saturated carbocycles. The lowest BCUT2D eigenvalue weighted by atomic mass is 9.67. The van der Waals surface area contributed by atoms with E-state index < -0.39 is 23.0 Å². The Morgan fingerprint density at radius 1 is 0.938 bits per heavy atom. The summed E-state index contributed by atoms with van der Waals surface area (Å²) in [6.45, 7) is 2.42. The van der Waals surface area contributed by atoms with Gasteiger partial charge in [-0.25, -0.2) is 8.78 Å². The fraction of sp³-hybridized carbons (Fsp3) is 0.240. The van der Waals surface area contributed by atoms with E-state index in [1.165, 1.54) is 6.92 Å². The van der Waals surface area contributed by atoms with Crippen LogP contribution in [-0.4, -0.2) is 29.1 Å². The number of hydrogen-bond acceptors (Lipinski definition) is 2. The maximum atomic E-state index is 13.9. The SMILES string of the molecule is CC(C(=O)O)(c1cc(F)cc(F)c1)C1CN(C(c2ccc(Cl)cc2)c2ccc(Cl)cc2)C1. The molecule has 0 bridgehead atoms. The largest absolute Gasteiger partial charge is 0.481 e. The zero-order valence-electron chi connectivity index (χ0n) is 17.2. The predicted molar refractivity (Wildman–Crippen MR) is 121 cm³/mol. The zero-order chi connectivity index (χ0) is 23.0. The van der Waals surface area contributed by atoms with Gasteiger partial charge >= 0.3 is 5.97 Å². The molecule has 1 N–H and O–H groups in total. The second-order valence-corrected chi connectivity index (χ2v) is 9.19. The first kappa shape index (κ1) is 22.7. The standard InChI is InChI=1S/C25H21Cl2F2NO2/c1-25(24(31)32,17-10-21(28)12-22(29)11-17)18-13-30(14-18)23(15-2-6-19(26)7-3-15)16-4-8-20(27)9-5-16/h2-12,18,23H,13-14H2,1H3,(H,31,32). The Morgan fingerprint density at radius 2 is 1.38 bits per heavy atom. The average Bonchev–Trinajstić information content (AvgIpc) is 2.71. The molecule has 3 aromatic rings. The molecule has 1 unspecified atom stereocenters. The molecule has 1 fully saturated rings. The molecular formula is C25H21Cl2F2NO2. The Hall–Kier alpha value is -2.47. The summed E-state index contributed by atoms with van der Waals surface area (Å²) in [5, 5.41) is 11.3. The number of carbonyl (C=O) groups is 1. The van der Waals surface area contributed by atoms with E-state index in [1.807, 2.05) is 48.5 Å². The van der Waals surface area contributed by atoms with Gasteiger partial charge in [0, 0.05) is 35.1 Å². The second kappa shape index (κ2) is 8.81. The normalized spacial score (nSPS) is 16.6. The van der Waals surface area contributed by atoms with Crippen LogP contribution in [0.25, 0.3) is 0 Å². The van der Waals surface area contributed by atoms with E-state index in [9.17, 15) is 18.7 Å². The summed E-state index contributed by atoms with van der Waals surface area (Å²) in [6, 6.07) is 17.8. The van der Waals surface area contributed by atoms with Gasteiger partial charge in [0.05, 0.1) is 11.5 Å². The molecule has 0 radical (unpaired) electrons. The number of hydrogen-bond donors (Lipinski definition) is 1. The van der Waals surface area contributed by atoms with E-state index in [2.05, 4.69) is 4.90 Å². The highest BCUT2D eigenvalue weighted by Crippen LogP contribution is 2.43. The molecule has 0 spiro atoms. The highest BCUT2D eigenvalue weighted by atomic mass is 35.5. The van der Waals surface area contributed by atoms with E-state index in [4.69, 9.17) is 23.2 Å². The summed E-state index contributed by atoms with van der Waals surface area (Å²) in [5.41, 5.74) is 0.707. The van der Waals surface area contributed by atoms with E-state index >= 15 is 0 Å². The number of halogens is 4. The van der Waals surface area contributed by atoms with Gasteiger partial charge in [-0.05, 0) is 60.0 Å². The molecule has 166 valence electrons. The van der Waals surface area contributed by atoms with Crippen molar-refractivity contribution in [3.05, 3.63) is 105 Å². The Labute approximate surface area is 195 Å². The zero-order valence-corrected chi connectivity index (χ0v) is 18.7. The van der Waals surface area contributed by atoms with Gasteiger partial charge in [-0.3, -0.25) is 9.69 Å². The molecule has 1 aliphatic heterocycles. The van der Waals surface area contributed by atoms with Gasteiger partial charge in [0.15, 0.2) is 0 Å². The number of carboxylic acids is 1. The van der Waals surface area contributed by atoms with Crippen LogP contribution in [0, 0.1) is 17.6 Å². The van der Waals surface area contributed by atoms with Crippen LogP contribution in [0.3, 0.4) is 0 Å². The minimum absolute atomic E-state index is 0.127. The van der Waals surface area contributed by atoms with Crippen LogP contribution in [0.5, 0.6) is 0 Å². The van der Waals surface area contributed by atoms with Crippen LogP contribution < -0.4 is 0 Å². The first-order valence-corrected chi connectivity index (χ1v) is 10.9. The number of carboxylic acid groups (broad SMARTS) is 1. The van der Waals surface area contributed by atoms with Crippen molar-refractivity contribution in [1.29, 1.82) is 0 Å². The van der Waals surface area contributed by atoms with Crippen LogP contribution in [0.2, 0.25) is 10.0 Å². The Kier molecular flexibility index (Phi) is 6.26. The molecular weight excluding hydrogens is 455 g/mol. The van der Waals surface area contributed by atoms with Gasteiger partial charge in [-0.15, -0.1) is 0 Å². The predicted octanol–water partition coefficient (Wildman–Crippen LogP) is 6.34. The fourth-order valence-electron chi connectivity index (χ4n) is 4.38. The molecule has 1 atom stereocenters. The highest BCUT2D eigenvalue weighted by molar-refractivity contribution is 6.30. The number of likely N-dealkylation sites (tertiary alicyclic amines) is 1. The molecule has 1 saturated heterocycles. The number of nitrogens with zero attached hydrogens (tertiary/aromatic N) is 1. The topological polar surface area (TPSA) is 40.5 Å². The van der Waals surface area contributed by atoms with Crippen molar-refractivity contribution >= 4 is 29.2 Å². The number of aliphatic carboxylic acids is 1. The number of rotatable bonds is 6. The van der Waals surface area contributed by atoms with Crippen LogP contribution in [-0.2, 0) is 10.2 Å². The molecule has 4 rings (SSSR count). The second-order valence-electron chi connectivity index (χ2n) is 8.32. The smallest absolute Gasteiger partial charge is 0.314 e. The van der Waals surface area contributed by atoms with E-state index in [0.29, 0.717) is 23.1 Å². The molecule has 0 aromatic heterocycles. The third-order valence-electron chi connectivity index (χ3n) is 6.37. The minimum Gasteiger partial charge on any atom is -0.481 e. The minimum atomic E-state index is -1.43. The highest BCUT2D eigenvalue weighted by Gasteiger charge is 2.50. The van der Waals surface area contributed by atoms with Gasteiger partial charge in [-0.2, -0.15) is 0 Å².